The summed E-state index contributed by atoms with van der Waals surface area (Å²) in [7, 11) is 0. The van der Waals surface area contributed by atoms with Gasteiger partial charge in [-0.05, 0) is 38.8 Å². The quantitative estimate of drug-likeness (QED) is 0.696. The first-order valence-electron chi connectivity index (χ1n) is 9.31. The number of piperidine rings is 1. The monoisotopic (exact) mass is 379 g/mol. The Morgan fingerprint density at radius 3 is 2.86 bits per heavy atom. The molecule has 3 heterocycles. The molecule has 2 aromatic heterocycles. The number of carbonyl (C=O) groups excluding carboxylic acids is 1. The highest BCUT2D eigenvalue weighted by Gasteiger charge is 2.28. The molecule has 0 spiro atoms. The number of nitrogens with zero attached hydrogens (tertiary/aromatic N) is 3. The van der Waals surface area contributed by atoms with E-state index in [4.69, 9.17) is 9.15 Å². The van der Waals surface area contributed by atoms with Gasteiger partial charge in [0, 0.05) is 24.4 Å². The fourth-order valence-electron chi connectivity index (χ4n) is 3.50. The lowest BCUT2D eigenvalue weighted by atomic mass is 10.1. The molecule has 1 saturated heterocycles. The van der Waals surface area contributed by atoms with Crippen molar-refractivity contribution in [2.75, 3.05) is 13.1 Å². The van der Waals surface area contributed by atoms with Crippen LogP contribution in [0.3, 0.4) is 0 Å². The molecule has 1 unspecified atom stereocenters. The van der Waals surface area contributed by atoms with Gasteiger partial charge in [0.25, 0.3) is 5.91 Å². The number of para-hydroxylation sites is 1. The van der Waals surface area contributed by atoms with E-state index in [0.29, 0.717) is 35.8 Å². The van der Waals surface area contributed by atoms with E-state index in [0.717, 1.165) is 18.5 Å². The minimum atomic E-state index is -0.300. The number of likely N-dealkylation sites (tertiary alicyclic amines) is 1. The number of benzene rings is 1. The van der Waals surface area contributed by atoms with E-state index in [1.54, 1.807) is 35.2 Å². The van der Waals surface area contributed by atoms with Crippen LogP contribution >= 0.6 is 0 Å². The van der Waals surface area contributed by atoms with E-state index in [2.05, 4.69) is 9.97 Å². The molecule has 1 aliphatic rings. The molecule has 28 heavy (non-hydrogen) atoms. The summed E-state index contributed by atoms with van der Waals surface area (Å²) >= 11 is 0. The Hall–Kier alpha value is -3.22. The fourth-order valence-corrected chi connectivity index (χ4v) is 3.50. The number of aromatic nitrogens is 2. The van der Waals surface area contributed by atoms with E-state index >= 15 is 0 Å². The molecule has 1 aliphatic heterocycles. The van der Waals surface area contributed by atoms with Gasteiger partial charge in [-0.3, -0.25) is 9.59 Å². The Morgan fingerprint density at radius 1 is 1.21 bits per heavy atom. The van der Waals surface area contributed by atoms with Gasteiger partial charge in [0.1, 0.15) is 17.5 Å². The molecule has 1 atom stereocenters. The van der Waals surface area contributed by atoms with Crippen molar-refractivity contribution < 1.29 is 13.9 Å². The average Bonchev–Trinajstić information content (AvgIpc) is 2.67. The number of rotatable bonds is 3. The van der Waals surface area contributed by atoms with Gasteiger partial charge in [-0.15, -0.1) is 0 Å². The first kappa shape index (κ1) is 18.2. The zero-order valence-corrected chi connectivity index (χ0v) is 15.8. The Bertz CT molecular complexity index is 1070. The van der Waals surface area contributed by atoms with Crippen LogP contribution in [0.4, 0.5) is 0 Å². The van der Waals surface area contributed by atoms with Crippen molar-refractivity contribution in [3.05, 3.63) is 63.9 Å². The molecule has 0 radical (unpaired) electrons. The van der Waals surface area contributed by atoms with Gasteiger partial charge in [0.2, 0.25) is 5.88 Å². The molecule has 4 rings (SSSR count). The van der Waals surface area contributed by atoms with Crippen LogP contribution < -0.4 is 10.2 Å². The van der Waals surface area contributed by atoms with Crippen molar-refractivity contribution in [2.45, 2.75) is 32.8 Å². The van der Waals surface area contributed by atoms with Crippen LogP contribution in [-0.4, -0.2) is 40.0 Å². The highest BCUT2D eigenvalue weighted by atomic mass is 16.5. The van der Waals surface area contributed by atoms with Gasteiger partial charge in [-0.1, -0.05) is 12.1 Å². The number of hydrogen-bond donors (Lipinski definition) is 0. The second-order valence-electron chi connectivity index (χ2n) is 7.00. The van der Waals surface area contributed by atoms with Crippen molar-refractivity contribution in [2.24, 2.45) is 0 Å². The van der Waals surface area contributed by atoms with E-state index in [-0.39, 0.29) is 23.2 Å². The van der Waals surface area contributed by atoms with Gasteiger partial charge in [0.15, 0.2) is 11.2 Å². The second kappa shape index (κ2) is 7.42. The normalized spacial score (nSPS) is 16.9. The van der Waals surface area contributed by atoms with Gasteiger partial charge in [-0.2, -0.15) is 4.98 Å². The van der Waals surface area contributed by atoms with E-state index in [1.807, 2.05) is 13.8 Å². The third-order valence-electron chi connectivity index (χ3n) is 4.74. The SMILES string of the molecule is Cc1cc(OC2CCCN(C(=O)c3cc(=O)c4ccccc4o3)C2)nc(C)n1. The van der Waals surface area contributed by atoms with Crippen LogP contribution in [0.5, 0.6) is 5.88 Å². The number of ether oxygens (including phenoxy) is 1. The maximum atomic E-state index is 12.9. The summed E-state index contributed by atoms with van der Waals surface area (Å²) in [4.78, 5) is 35.4. The third-order valence-corrected chi connectivity index (χ3v) is 4.74. The van der Waals surface area contributed by atoms with Crippen molar-refractivity contribution in [1.82, 2.24) is 14.9 Å². The Morgan fingerprint density at radius 2 is 2.04 bits per heavy atom. The summed E-state index contributed by atoms with van der Waals surface area (Å²) < 4.78 is 11.7. The van der Waals surface area contributed by atoms with E-state index < -0.39 is 0 Å². The second-order valence-corrected chi connectivity index (χ2v) is 7.00. The van der Waals surface area contributed by atoms with Crippen molar-refractivity contribution >= 4 is 16.9 Å². The molecule has 7 nitrogen and oxygen atoms in total. The van der Waals surface area contributed by atoms with Crippen LogP contribution in [0, 0.1) is 13.8 Å². The van der Waals surface area contributed by atoms with Crippen LogP contribution in [0.25, 0.3) is 11.0 Å². The van der Waals surface area contributed by atoms with Gasteiger partial charge < -0.3 is 14.1 Å². The number of fused-ring (bicyclic) bond motifs is 1. The average molecular weight is 379 g/mol. The molecule has 0 aliphatic carbocycles. The largest absolute Gasteiger partial charge is 0.472 e. The van der Waals surface area contributed by atoms with Gasteiger partial charge in [-0.25, -0.2) is 4.98 Å². The zero-order valence-electron chi connectivity index (χ0n) is 15.8. The first-order chi connectivity index (χ1) is 13.5. The molecular formula is C21H21N3O4. The lowest BCUT2D eigenvalue weighted by Crippen LogP contribution is -2.44. The minimum absolute atomic E-state index is 0.0538. The summed E-state index contributed by atoms with van der Waals surface area (Å²) in [5.41, 5.74) is 1.03. The molecule has 0 bridgehead atoms. The topological polar surface area (TPSA) is 85.5 Å². The highest BCUT2D eigenvalue weighted by molar-refractivity contribution is 5.93. The fraction of sp³-hybridized carbons (Fsp3) is 0.333. The van der Waals surface area contributed by atoms with E-state index in [9.17, 15) is 9.59 Å². The molecule has 0 N–H and O–H groups in total. The van der Waals surface area contributed by atoms with E-state index in [1.165, 1.54) is 6.07 Å². The smallest absolute Gasteiger partial charge is 0.289 e. The molecule has 144 valence electrons. The number of amides is 1. The number of aryl methyl sites for hydroxylation is 2. The number of hydrogen-bond acceptors (Lipinski definition) is 6. The third kappa shape index (κ3) is 3.74. The first-order valence-corrected chi connectivity index (χ1v) is 9.31. The molecule has 1 aromatic carbocycles. The highest BCUT2D eigenvalue weighted by Crippen LogP contribution is 2.20. The minimum Gasteiger partial charge on any atom is -0.472 e. The zero-order chi connectivity index (χ0) is 19.7. The summed E-state index contributed by atoms with van der Waals surface area (Å²) in [5.74, 6) is 0.919. The van der Waals surface area contributed by atoms with Crippen molar-refractivity contribution in [1.29, 1.82) is 0 Å². The molecule has 3 aromatic rings. The predicted octanol–water partition coefficient (Wildman–Crippen LogP) is 2.88. The Labute approximate surface area is 162 Å². The molecule has 7 heteroatoms. The molecular weight excluding hydrogens is 358 g/mol. The lowest BCUT2D eigenvalue weighted by Gasteiger charge is -2.32. The maximum absolute atomic E-state index is 12.9. The standard InChI is InChI=1S/C21H21N3O4/c1-13-10-20(23-14(2)22-13)27-15-6-5-9-24(12-15)21(26)19-11-17(25)16-7-3-4-8-18(16)28-19/h3-4,7-8,10-11,15H,5-6,9,12H2,1-2H3. The van der Waals surface area contributed by atoms with Crippen LogP contribution in [-0.2, 0) is 0 Å². The lowest BCUT2D eigenvalue weighted by molar-refractivity contribution is 0.0500. The van der Waals surface area contributed by atoms with Crippen LogP contribution in [0.2, 0.25) is 0 Å². The number of carbonyl (C=O) groups is 1. The maximum Gasteiger partial charge on any atom is 0.289 e. The molecule has 1 amide bonds. The Kier molecular flexibility index (Phi) is 4.81. The van der Waals surface area contributed by atoms with Crippen LogP contribution in [0.15, 0.2) is 45.6 Å². The van der Waals surface area contributed by atoms with Gasteiger partial charge in [0.05, 0.1) is 11.9 Å². The van der Waals surface area contributed by atoms with Crippen molar-refractivity contribution in [3.8, 4) is 5.88 Å². The summed E-state index contributed by atoms with van der Waals surface area (Å²) in [6.45, 7) is 4.72. The van der Waals surface area contributed by atoms with Gasteiger partial charge >= 0.3 is 0 Å². The summed E-state index contributed by atoms with van der Waals surface area (Å²) in [6.07, 6.45) is 1.46. The predicted molar refractivity (Wildman–Crippen MR) is 104 cm³/mol. The summed E-state index contributed by atoms with van der Waals surface area (Å²) in [6, 6.07) is 9.98. The Balaban J connectivity index is 1.52. The summed E-state index contributed by atoms with van der Waals surface area (Å²) in [5, 5.41) is 0.466. The van der Waals surface area contributed by atoms with Crippen molar-refractivity contribution in [3.63, 3.8) is 0 Å². The molecule has 0 saturated carbocycles. The van der Waals surface area contributed by atoms with Crippen LogP contribution in [0.1, 0.15) is 34.9 Å². The molecule has 1 fully saturated rings.